The minimum absolute atomic E-state index is 0.0252. The Kier molecular flexibility index (Phi) is 6.12. The summed E-state index contributed by atoms with van der Waals surface area (Å²) in [6, 6.07) is 16.0. The number of carbonyl (C=O) groups is 1. The maximum absolute atomic E-state index is 12.7. The summed E-state index contributed by atoms with van der Waals surface area (Å²) in [5.74, 6) is -0.0252. The van der Waals surface area contributed by atoms with Gasteiger partial charge in [0.15, 0.2) is 0 Å². The predicted octanol–water partition coefficient (Wildman–Crippen LogP) is 3.27. The molecule has 0 unspecified atom stereocenters. The van der Waals surface area contributed by atoms with Gasteiger partial charge in [0.05, 0.1) is 11.0 Å². The molecule has 0 aliphatic carbocycles. The smallest absolute Gasteiger partial charge is 0.329 e. The number of rotatable bonds is 8. The number of nitrogens with one attached hydrogen (secondary N) is 1. The average Bonchev–Trinajstić information content (AvgIpc) is 2.94. The maximum Gasteiger partial charge on any atom is 0.329 e. The van der Waals surface area contributed by atoms with Crippen LogP contribution in [0.5, 0.6) is 0 Å². The van der Waals surface area contributed by atoms with Crippen LogP contribution in [0.25, 0.3) is 11.0 Å². The second-order valence-corrected chi connectivity index (χ2v) is 6.85. The van der Waals surface area contributed by atoms with Gasteiger partial charge in [0.1, 0.15) is 0 Å². The molecule has 2 aromatic carbocycles. The van der Waals surface area contributed by atoms with Crippen LogP contribution < -0.4 is 11.0 Å². The molecule has 0 radical (unpaired) electrons. The Morgan fingerprint density at radius 2 is 1.59 bits per heavy atom. The van der Waals surface area contributed by atoms with Crippen LogP contribution in [-0.4, -0.2) is 21.6 Å². The van der Waals surface area contributed by atoms with Gasteiger partial charge in [-0.25, -0.2) is 4.79 Å². The number of hydrogen-bond donors (Lipinski definition) is 1. The molecule has 3 rings (SSSR count). The van der Waals surface area contributed by atoms with Crippen molar-refractivity contribution in [1.82, 2.24) is 14.5 Å². The molecule has 5 heteroatoms. The SMILES string of the molecule is CCCn1c(=O)n(CCC(=O)NCCc2ccccc2C)c2ccccc21. The van der Waals surface area contributed by atoms with E-state index in [4.69, 9.17) is 0 Å². The van der Waals surface area contributed by atoms with Crippen LogP contribution in [0.2, 0.25) is 0 Å². The van der Waals surface area contributed by atoms with Gasteiger partial charge in [-0.1, -0.05) is 43.3 Å². The molecule has 0 spiro atoms. The average molecular weight is 365 g/mol. The molecule has 3 aromatic rings. The van der Waals surface area contributed by atoms with Gasteiger partial charge in [-0.15, -0.1) is 0 Å². The van der Waals surface area contributed by atoms with E-state index in [0.29, 0.717) is 26.1 Å². The molecule has 0 aliphatic rings. The van der Waals surface area contributed by atoms with Gasteiger partial charge in [0.2, 0.25) is 5.91 Å². The van der Waals surface area contributed by atoms with Gasteiger partial charge in [0, 0.05) is 26.1 Å². The fourth-order valence-corrected chi connectivity index (χ4v) is 3.46. The summed E-state index contributed by atoms with van der Waals surface area (Å²) in [5, 5.41) is 2.97. The topological polar surface area (TPSA) is 56.0 Å². The highest BCUT2D eigenvalue weighted by Crippen LogP contribution is 2.13. The molecular weight excluding hydrogens is 338 g/mol. The fraction of sp³-hybridized carbons (Fsp3) is 0.364. The van der Waals surface area contributed by atoms with Crippen molar-refractivity contribution in [1.29, 1.82) is 0 Å². The monoisotopic (exact) mass is 365 g/mol. The van der Waals surface area contributed by atoms with Crippen LogP contribution in [0.15, 0.2) is 53.3 Å². The normalized spacial score (nSPS) is 11.0. The van der Waals surface area contributed by atoms with Crippen molar-refractivity contribution in [2.75, 3.05) is 6.54 Å². The third kappa shape index (κ3) is 4.30. The van der Waals surface area contributed by atoms with Crippen molar-refractivity contribution in [2.45, 2.75) is 46.2 Å². The van der Waals surface area contributed by atoms with Gasteiger partial charge in [-0.05, 0) is 43.0 Å². The largest absolute Gasteiger partial charge is 0.356 e. The third-order valence-electron chi connectivity index (χ3n) is 4.91. The van der Waals surface area contributed by atoms with E-state index in [1.54, 1.807) is 9.13 Å². The highest BCUT2D eigenvalue weighted by atomic mass is 16.2. The van der Waals surface area contributed by atoms with Crippen LogP contribution >= 0.6 is 0 Å². The minimum atomic E-state index is -0.0363. The first-order valence-electron chi connectivity index (χ1n) is 9.61. The summed E-state index contributed by atoms with van der Waals surface area (Å²) >= 11 is 0. The van der Waals surface area contributed by atoms with Crippen LogP contribution in [0.3, 0.4) is 0 Å². The first kappa shape index (κ1) is 19.0. The summed E-state index contributed by atoms with van der Waals surface area (Å²) < 4.78 is 3.51. The Hall–Kier alpha value is -2.82. The molecule has 1 heterocycles. The van der Waals surface area contributed by atoms with Crippen molar-refractivity contribution in [3.8, 4) is 0 Å². The van der Waals surface area contributed by atoms with E-state index in [1.807, 2.05) is 36.4 Å². The highest BCUT2D eigenvalue weighted by molar-refractivity contribution is 5.78. The minimum Gasteiger partial charge on any atom is -0.356 e. The molecule has 1 N–H and O–H groups in total. The zero-order chi connectivity index (χ0) is 19.2. The highest BCUT2D eigenvalue weighted by Gasteiger charge is 2.13. The van der Waals surface area contributed by atoms with Gasteiger partial charge in [-0.3, -0.25) is 13.9 Å². The quantitative estimate of drug-likeness (QED) is 0.666. The number of imidazole rings is 1. The zero-order valence-electron chi connectivity index (χ0n) is 16.1. The Bertz CT molecular complexity index is 985. The number of fused-ring (bicyclic) bond motifs is 1. The van der Waals surface area contributed by atoms with Crippen LogP contribution in [0.1, 0.15) is 30.9 Å². The first-order chi connectivity index (χ1) is 13.1. The molecule has 0 aliphatic heterocycles. The molecule has 0 saturated heterocycles. The third-order valence-corrected chi connectivity index (χ3v) is 4.91. The molecule has 27 heavy (non-hydrogen) atoms. The van der Waals surface area contributed by atoms with Gasteiger partial charge < -0.3 is 5.32 Å². The van der Waals surface area contributed by atoms with E-state index >= 15 is 0 Å². The molecule has 0 saturated carbocycles. The number of benzene rings is 2. The summed E-state index contributed by atoms with van der Waals surface area (Å²) in [6.07, 6.45) is 2.01. The number of aryl methyl sites for hydroxylation is 3. The van der Waals surface area contributed by atoms with Gasteiger partial charge in [0.25, 0.3) is 0 Å². The van der Waals surface area contributed by atoms with Crippen molar-refractivity contribution in [3.05, 3.63) is 70.1 Å². The number of hydrogen-bond acceptors (Lipinski definition) is 2. The van der Waals surface area contributed by atoms with Crippen molar-refractivity contribution in [2.24, 2.45) is 0 Å². The lowest BCUT2D eigenvalue weighted by molar-refractivity contribution is -0.121. The molecule has 5 nitrogen and oxygen atoms in total. The second-order valence-electron chi connectivity index (χ2n) is 6.85. The lowest BCUT2D eigenvalue weighted by atomic mass is 10.1. The van der Waals surface area contributed by atoms with Gasteiger partial charge >= 0.3 is 5.69 Å². The molecule has 142 valence electrons. The fourth-order valence-electron chi connectivity index (χ4n) is 3.46. The van der Waals surface area contributed by atoms with E-state index in [9.17, 15) is 9.59 Å². The van der Waals surface area contributed by atoms with E-state index in [1.165, 1.54) is 11.1 Å². The summed E-state index contributed by atoms with van der Waals surface area (Å²) in [7, 11) is 0. The van der Waals surface area contributed by atoms with E-state index in [2.05, 4.69) is 31.3 Å². The zero-order valence-corrected chi connectivity index (χ0v) is 16.1. The molecule has 0 atom stereocenters. The first-order valence-corrected chi connectivity index (χ1v) is 9.61. The van der Waals surface area contributed by atoms with Crippen LogP contribution in [0.4, 0.5) is 0 Å². The number of amides is 1. The van der Waals surface area contributed by atoms with E-state index < -0.39 is 0 Å². The second kappa shape index (κ2) is 8.71. The Morgan fingerprint density at radius 3 is 2.26 bits per heavy atom. The molecule has 0 bridgehead atoms. The molecular formula is C22H27N3O2. The summed E-state index contributed by atoms with van der Waals surface area (Å²) in [5.41, 5.74) is 4.28. The lowest BCUT2D eigenvalue weighted by Crippen LogP contribution is -2.29. The van der Waals surface area contributed by atoms with Crippen molar-refractivity contribution < 1.29 is 4.79 Å². The Balaban J connectivity index is 1.61. The van der Waals surface area contributed by atoms with Crippen LogP contribution in [0, 0.1) is 6.92 Å². The number of aromatic nitrogens is 2. The van der Waals surface area contributed by atoms with Crippen molar-refractivity contribution >= 4 is 16.9 Å². The molecule has 1 amide bonds. The van der Waals surface area contributed by atoms with E-state index in [-0.39, 0.29) is 11.6 Å². The number of carbonyl (C=O) groups excluding carboxylic acids is 1. The Labute approximate surface area is 159 Å². The summed E-state index contributed by atoms with van der Waals surface area (Å²) in [6.45, 7) is 5.83. The molecule has 0 fully saturated rings. The van der Waals surface area contributed by atoms with E-state index in [0.717, 1.165) is 23.9 Å². The van der Waals surface area contributed by atoms with Crippen LogP contribution in [-0.2, 0) is 24.3 Å². The maximum atomic E-state index is 12.7. The van der Waals surface area contributed by atoms with Gasteiger partial charge in [-0.2, -0.15) is 0 Å². The summed E-state index contributed by atoms with van der Waals surface area (Å²) in [4.78, 5) is 25.0. The number of para-hydroxylation sites is 2. The predicted molar refractivity (Wildman–Crippen MR) is 109 cm³/mol. The standard InChI is InChI=1S/C22H27N3O2/c1-3-15-24-19-10-6-7-11-20(19)25(22(24)27)16-13-21(26)23-14-12-18-9-5-4-8-17(18)2/h4-11H,3,12-16H2,1-2H3,(H,23,26). The molecule has 1 aromatic heterocycles. The Morgan fingerprint density at radius 1 is 0.963 bits per heavy atom. The van der Waals surface area contributed by atoms with Crippen molar-refractivity contribution in [3.63, 3.8) is 0 Å². The number of nitrogens with zero attached hydrogens (tertiary/aromatic N) is 2. The lowest BCUT2D eigenvalue weighted by Gasteiger charge is -2.08.